The van der Waals surface area contributed by atoms with Gasteiger partial charge in [0.15, 0.2) is 0 Å². The van der Waals surface area contributed by atoms with Crippen LogP contribution in [0.4, 0.5) is 21.0 Å². The van der Waals surface area contributed by atoms with E-state index in [-0.39, 0.29) is 0 Å². The second kappa shape index (κ2) is 5.27. The highest BCUT2D eigenvalue weighted by molar-refractivity contribution is 6.09. The highest BCUT2D eigenvalue weighted by Gasteiger charge is 2.18. The van der Waals surface area contributed by atoms with Crippen LogP contribution in [0.15, 0.2) is 30.3 Å². The lowest BCUT2D eigenvalue weighted by molar-refractivity contribution is 0.253. The maximum atomic E-state index is 11.3. The number of fused-ring (bicyclic) bond motifs is 1. The fraction of sp³-hybridized carbons (Fsp3) is 0.0769. The summed E-state index contributed by atoms with van der Waals surface area (Å²) in [6.45, 7) is 1.79. The predicted molar refractivity (Wildman–Crippen MR) is 81.2 cm³/mol. The van der Waals surface area contributed by atoms with Gasteiger partial charge in [-0.3, -0.25) is 0 Å². The zero-order chi connectivity index (χ0) is 15.7. The third-order valence-electron chi connectivity index (χ3n) is 3.19. The molecule has 0 unspecified atom stereocenters. The van der Waals surface area contributed by atoms with Crippen molar-refractivity contribution in [2.45, 2.75) is 6.92 Å². The van der Waals surface area contributed by atoms with E-state index in [1.165, 1.54) is 0 Å². The Morgan fingerprint density at radius 3 is 2.10 bits per heavy atom. The molecule has 0 aliphatic rings. The normalized spacial score (nSPS) is 10.4. The quantitative estimate of drug-likeness (QED) is 0.365. The van der Waals surface area contributed by atoms with Gasteiger partial charge in [-0.1, -0.05) is 24.3 Å². The average molecular weight is 288 g/mol. The first-order valence-corrected chi connectivity index (χ1v) is 6.05. The molecule has 0 saturated carbocycles. The number of carbonyl (C=O) groups is 2. The highest BCUT2D eigenvalue weighted by atomic mass is 16.2. The summed E-state index contributed by atoms with van der Waals surface area (Å²) in [5, 5.41) is 2.93. The second-order valence-electron chi connectivity index (χ2n) is 4.52. The van der Waals surface area contributed by atoms with Crippen LogP contribution >= 0.6 is 0 Å². The summed E-state index contributed by atoms with van der Waals surface area (Å²) in [6.07, 6.45) is 0. The number of aryl methyl sites for hydroxylation is 1. The maximum Gasteiger partial charge on any atom is 0.333 e. The number of primary amides is 2. The minimum Gasteiger partial charge on any atom is -0.350 e. The number of amides is 4. The third-order valence-corrected chi connectivity index (χ3v) is 3.19. The van der Waals surface area contributed by atoms with E-state index in [1.807, 2.05) is 0 Å². The molecule has 0 aliphatic carbocycles. The van der Waals surface area contributed by atoms with E-state index in [0.717, 1.165) is 15.6 Å². The van der Waals surface area contributed by atoms with Crippen molar-refractivity contribution in [3.63, 3.8) is 0 Å². The minimum atomic E-state index is -0.802. The molecule has 2 aromatic carbocycles. The van der Waals surface area contributed by atoms with Gasteiger partial charge in [0.25, 0.3) is 0 Å². The number of rotatable bonds is 2. The number of hydrogen-bond acceptors (Lipinski definition) is 4. The summed E-state index contributed by atoms with van der Waals surface area (Å²) in [6, 6.07) is 6.98. The molecule has 0 radical (unpaired) electrons. The first-order chi connectivity index (χ1) is 9.84. The number of urea groups is 2. The van der Waals surface area contributed by atoms with Crippen molar-refractivity contribution in [3.05, 3.63) is 35.9 Å². The van der Waals surface area contributed by atoms with E-state index in [2.05, 4.69) is 0 Å². The monoisotopic (exact) mass is 288 g/mol. The Morgan fingerprint density at radius 2 is 1.52 bits per heavy atom. The summed E-state index contributed by atoms with van der Waals surface area (Å²) in [4.78, 5) is 22.6. The van der Waals surface area contributed by atoms with Gasteiger partial charge in [-0.25, -0.2) is 31.3 Å². The third kappa shape index (κ3) is 2.45. The summed E-state index contributed by atoms with van der Waals surface area (Å²) < 4.78 is 0. The summed E-state index contributed by atoms with van der Waals surface area (Å²) >= 11 is 0. The van der Waals surface area contributed by atoms with Gasteiger partial charge in [0.1, 0.15) is 0 Å². The van der Waals surface area contributed by atoms with Crippen LogP contribution in [-0.2, 0) is 0 Å². The molecule has 0 aromatic heterocycles. The van der Waals surface area contributed by atoms with Crippen molar-refractivity contribution in [1.82, 2.24) is 0 Å². The molecule has 2 rings (SSSR count). The topological polar surface area (TPSA) is 145 Å². The highest BCUT2D eigenvalue weighted by Crippen LogP contribution is 2.34. The van der Waals surface area contributed by atoms with Crippen LogP contribution in [0.3, 0.4) is 0 Å². The van der Waals surface area contributed by atoms with Crippen LogP contribution in [0.25, 0.3) is 10.8 Å². The number of nitrogens with two attached hydrogens (primary N) is 4. The maximum absolute atomic E-state index is 11.3. The Hall–Kier alpha value is -2.84. The van der Waals surface area contributed by atoms with Crippen molar-refractivity contribution < 1.29 is 9.59 Å². The van der Waals surface area contributed by atoms with E-state index in [0.29, 0.717) is 22.1 Å². The molecule has 2 aromatic rings. The molecule has 8 N–H and O–H groups in total. The fourth-order valence-corrected chi connectivity index (χ4v) is 2.19. The fourth-order valence-electron chi connectivity index (χ4n) is 2.19. The Labute approximate surface area is 120 Å². The number of carbonyl (C=O) groups excluding carboxylic acids is 2. The summed E-state index contributed by atoms with van der Waals surface area (Å²) in [5.74, 6) is 11.4. The van der Waals surface area contributed by atoms with Gasteiger partial charge in [0, 0.05) is 10.8 Å². The largest absolute Gasteiger partial charge is 0.350 e. The Morgan fingerprint density at radius 1 is 0.905 bits per heavy atom. The van der Waals surface area contributed by atoms with E-state index >= 15 is 0 Å². The van der Waals surface area contributed by atoms with Crippen molar-refractivity contribution in [3.8, 4) is 0 Å². The average Bonchev–Trinajstić information content (AvgIpc) is 2.44. The number of hydrogen-bond donors (Lipinski definition) is 4. The second-order valence-corrected chi connectivity index (χ2v) is 4.52. The van der Waals surface area contributed by atoms with E-state index in [9.17, 15) is 9.59 Å². The van der Waals surface area contributed by atoms with Gasteiger partial charge < -0.3 is 11.5 Å². The molecule has 8 nitrogen and oxygen atoms in total. The zero-order valence-electron chi connectivity index (χ0n) is 11.4. The van der Waals surface area contributed by atoms with E-state index in [4.69, 9.17) is 23.2 Å². The molecule has 21 heavy (non-hydrogen) atoms. The van der Waals surface area contributed by atoms with Gasteiger partial charge in [-0.15, -0.1) is 0 Å². The van der Waals surface area contributed by atoms with Crippen LogP contribution in [0.5, 0.6) is 0 Å². The molecule has 8 heteroatoms. The molecule has 0 aliphatic heterocycles. The molecule has 0 fully saturated rings. The van der Waals surface area contributed by atoms with Gasteiger partial charge in [0.05, 0.1) is 11.4 Å². The van der Waals surface area contributed by atoms with Crippen LogP contribution in [0.1, 0.15) is 5.56 Å². The molecule has 0 saturated heterocycles. The number of nitrogens with zero attached hydrogens (tertiary/aromatic N) is 2. The number of anilines is 2. The van der Waals surface area contributed by atoms with Gasteiger partial charge in [0.2, 0.25) is 0 Å². The van der Waals surface area contributed by atoms with Gasteiger partial charge >= 0.3 is 12.1 Å². The standard InChI is InChI=1S/C13H16N6O2/c1-7-5-6-8-9(11(7)19(17)13(15)21)3-2-4-10(8)18(16)12(14)20/h2-6H,16-17H2,1H3,(H2,14,20)(H2,15,21). The minimum absolute atomic E-state index is 0.402. The molecular weight excluding hydrogens is 272 g/mol. The molecule has 110 valence electrons. The van der Waals surface area contributed by atoms with Crippen LogP contribution < -0.4 is 33.2 Å². The van der Waals surface area contributed by atoms with Crippen LogP contribution in [-0.4, -0.2) is 12.1 Å². The lowest BCUT2D eigenvalue weighted by atomic mass is 10.0. The van der Waals surface area contributed by atoms with Crippen LogP contribution in [0, 0.1) is 6.92 Å². The first kappa shape index (κ1) is 14.6. The van der Waals surface area contributed by atoms with Crippen molar-refractivity contribution in [1.29, 1.82) is 0 Å². The predicted octanol–water partition coefficient (Wildman–Crippen LogP) is 0.666. The van der Waals surface area contributed by atoms with Gasteiger partial charge in [-0.2, -0.15) is 0 Å². The molecule has 0 spiro atoms. The number of benzene rings is 2. The number of hydrazine groups is 2. The Bertz CT molecular complexity index is 730. The van der Waals surface area contributed by atoms with Crippen molar-refractivity contribution in [2.75, 3.05) is 10.0 Å². The molecule has 4 amide bonds. The Balaban J connectivity index is 2.78. The summed E-state index contributed by atoms with van der Waals surface area (Å²) in [5.41, 5.74) is 12.0. The summed E-state index contributed by atoms with van der Waals surface area (Å²) in [7, 11) is 0. The molecular formula is C13H16N6O2. The SMILES string of the molecule is Cc1ccc2c(N(N)C(N)=O)cccc2c1N(N)C(N)=O. The van der Waals surface area contributed by atoms with Gasteiger partial charge in [-0.05, 0) is 18.6 Å². The Kier molecular flexibility index (Phi) is 3.66. The lowest BCUT2D eigenvalue weighted by Gasteiger charge is -2.21. The lowest BCUT2D eigenvalue weighted by Crippen LogP contribution is -2.42. The molecule has 0 atom stereocenters. The van der Waals surface area contributed by atoms with Crippen LogP contribution in [0.2, 0.25) is 0 Å². The van der Waals surface area contributed by atoms with Crippen molar-refractivity contribution >= 4 is 34.2 Å². The smallest absolute Gasteiger partial charge is 0.333 e. The van der Waals surface area contributed by atoms with E-state index in [1.54, 1.807) is 37.3 Å². The molecule has 0 bridgehead atoms. The zero-order valence-corrected chi connectivity index (χ0v) is 11.4. The first-order valence-electron chi connectivity index (χ1n) is 6.05. The van der Waals surface area contributed by atoms with Crippen molar-refractivity contribution in [2.24, 2.45) is 23.2 Å². The van der Waals surface area contributed by atoms with E-state index < -0.39 is 12.1 Å². The molecule has 0 heterocycles.